The fourth-order valence-electron chi connectivity index (χ4n) is 7.94. The first-order valence-electron chi connectivity index (χ1n) is 27.6. The zero-order valence-electron chi connectivity index (χ0n) is 46.2. The minimum atomic E-state index is 0.618. The summed E-state index contributed by atoms with van der Waals surface area (Å²) in [6.07, 6.45) is 12.3. The standard InChI is InChI=1S/C67H70N6O8/c1-74-60-34-22-54(23-35-60)70-72-56-26-38-64(39-27-56)78-44-8-3-6-42-76-62-30-18-52(19-31-62)50-68-58-14-12-16-66(48-58)80-46-10-5-11-47-81-67-17-13-15-59(49-67)69-51-53-20-32-63(33-21-53)77-43-7-4-9-45-79-65-40-28-57(29-41-65)73-71-55-24-36-61(75-2)37-25-55/h12-41,48-51H,3-11,42-47H2,1-2H3. The van der Waals surface area contributed by atoms with Gasteiger partial charge in [0.1, 0.15) is 46.0 Å². The molecule has 0 bridgehead atoms. The van der Waals surface area contributed by atoms with Crippen LogP contribution in [0.4, 0.5) is 34.1 Å². The van der Waals surface area contributed by atoms with Gasteiger partial charge in [0, 0.05) is 24.6 Å². The molecule has 0 saturated heterocycles. The molecule has 8 aromatic carbocycles. The van der Waals surface area contributed by atoms with Crippen molar-refractivity contribution < 1.29 is 37.9 Å². The van der Waals surface area contributed by atoms with Gasteiger partial charge in [0.05, 0.1) is 88.0 Å². The van der Waals surface area contributed by atoms with Gasteiger partial charge in [-0.15, -0.1) is 0 Å². The highest BCUT2D eigenvalue weighted by Gasteiger charge is 2.04. The molecule has 0 heterocycles. The van der Waals surface area contributed by atoms with E-state index < -0.39 is 0 Å². The van der Waals surface area contributed by atoms with Crippen molar-refractivity contribution in [1.29, 1.82) is 0 Å². The maximum Gasteiger partial charge on any atom is 0.121 e. The van der Waals surface area contributed by atoms with E-state index in [0.717, 1.165) is 149 Å². The van der Waals surface area contributed by atoms with E-state index in [2.05, 4.69) is 30.4 Å². The summed E-state index contributed by atoms with van der Waals surface area (Å²) in [5.41, 5.74) is 6.69. The number of hydrogen-bond acceptors (Lipinski definition) is 14. The molecule has 0 aromatic heterocycles. The van der Waals surface area contributed by atoms with E-state index in [1.54, 1.807) is 14.2 Å². The molecule has 8 rings (SSSR count). The Kier molecular flexibility index (Phi) is 23.7. The summed E-state index contributed by atoms with van der Waals surface area (Å²) in [5.74, 6) is 6.47. The molecule has 0 atom stereocenters. The number of hydrogen-bond donors (Lipinski definition) is 0. The van der Waals surface area contributed by atoms with Crippen LogP contribution < -0.4 is 37.9 Å². The number of nitrogens with zero attached hydrogens (tertiary/aromatic N) is 6. The van der Waals surface area contributed by atoms with Crippen LogP contribution in [0.3, 0.4) is 0 Å². The topological polar surface area (TPSA) is 148 Å². The van der Waals surface area contributed by atoms with Crippen molar-refractivity contribution in [2.45, 2.75) is 57.8 Å². The van der Waals surface area contributed by atoms with Gasteiger partial charge in [0.15, 0.2) is 0 Å². The molecule has 0 aliphatic rings. The van der Waals surface area contributed by atoms with E-state index in [4.69, 9.17) is 37.9 Å². The molecule has 0 fully saturated rings. The lowest BCUT2D eigenvalue weighted by atomic mass is 10.2. The van der Waals surface area contributed by atoms with Gasteiger partial charge in [-0.2, -0.15) is 20.5 Å². The molecule has 0 radical (unpaired) electrons. The van der Waals surface area contributed by atoms with Crippen LogP contribution in [0, 0.1) is 0 Å². The summed E-state index contributed by atoms with van der Waals surface area (Å²) in [6.45, 7) is 3.81. The van der Waals surface area contributed by atoms with Crippen molar-refractivity contribution in [1.82, 2.24) is 0 Å². The van der Waals surface area contributed by atoms with E-state index in [1.807, 2.05) is 207 Å². The molecule has 0 saturated carbocycles. The maximum absolute atomic E-state index is 6.07. The highest BCUT2D eigenvalue weighted by atomic mass is 16.5. The third-order valence-electron chi connectivity index (χ3n) is 12.5. The van der Waals surface area contributed by atoms with Gasteiger partial charge < -0.3 is 37.9 Å². The van der Waals surface area contributed by atoms with Gasteiger partial charge in [-0.1, -0.05) is 12.1 Å². The fraction of sp³-hybridized carbons (Fsp3) is 0.254. The number of unbranched alkanes of at least 4 members (excludes halogenated alkanes) is 6. The first-order valence-corrected chi connectivity index (χ1v) is 27.6. The molecule has 0 aliphatic carbocycles. The molecule has 0 aliphatic heterocycles. The average Bonchev–Trinajstić information content (AvgIpc) is 3.52. The summed E-state index contributed by atoms with van der Waals surface area (Å²) in [5, 5.41) is 17.1. The highest BCUT2D eigenvalue weighted by Crippen LogP contribution is 2.27. The van der Waals surface area contributed by atoms with E-state index in [0.29, 0.717) is 39.6 Å². The van der Waals surface area contributed by atoms with Crippen LogP contribution in [0.1, 0.15) is 68.9 Å². The van der Waals surface area contributed by atoms with Crippen LogP contribution in [0.2, 0.25) is 0 Å². The number of azo groups is 2. The Balaban J connectivity index is 0.621. The van der Waals surface area contributed by atoms with Crippen LogP contribution in [-0.4, -0.2) is 66.3 Å². The van der Waals surface area contributed by atoms with Crippen LogP contribution in [-0.2, 0) is 0 Å². The number of aliphatic imine (C=N–C) groups is 2. The molecule has 0 amide bonds. The Morgan fingerprint density at radius 2 is 0.519 bits per heavy atom. The Hall–Kier alpha value is -9.30. The minimum absolute atomic E-state index is 0.618. The van der Waals surface area contributed by atoms with E-state index in [9.17, 15) is 0 Å². The van der Waals surface area contributed by atoms with Crippen LogP contribution in [0.15, 0.2) is 225 Å². The van der Waals surface area contributed by atoms with Crippen LogP contribution in [0.5, 0.6) is 46.0 Å². The SMILES string of the molecule is COc1ccc(N=Nc2ccc(OCCCCCOc3ccc(C=Nc4cccc(OCCCCCOc5cccc(N=Cc6ccc(OCCCCCOc7ccc(N=Nc8ccc(OC)cc8)cc7)cc6)c5)c4)cc3)cc2)cc1. The summed E-state index contributed by atoms with van der Waals surface area (Å²) in [4.78, 5) is 9.36. The van der Waals surface area contributed by atoms with Gasteiger partial charge in [-0.3, -0.25) is 9.98 Å². The van der Waals surface area contributed by atoms with Crippen molar-refractivity contribution in [2.75, 3.05) is 53.9 Å². The number of benzene rings is 8. The third kappa shape index (κ3) is 21.5. The van der Waals surface area contributed by atoms with Gasteiger partial charge in [0.25, 0.3) is 0 Å². The molecule has 8 aromatic rings. The molecule has 14 heteroatoms. The van der Waals surface area contributed by atoms with Crippen molar-refractivity contribution >= 4 is 46.6 Å². The summed E-state index contributed by atoms with van der Waals surface area (Å²) < 4.78 is 46.3. The fourth-order valence-corrected chi connectivity index (χ4v) is 7.94. The highest BCUT2D eigenvalue weighted by molar-refractivity contribution is 5.83. The predicted octanol–water partition coefficient (Wildman–Crippen LogP) is 17.9. The number of methoxy groups -OCH3 is 2. The largest absolute Gasteiger partial charge is 0.497 e. The lowest BCUT2D eigenvalue weighted by Crippen LogP contribution is -2.01. The van der Waals surface area contributed by atoms with Gasteiger partial charge in [-0.25, -0.2) is 0 Å². The minimum Gasteiger partial charge on any atom is -0.497 e. The van der Waals surface area contributed by atoms with Crippen molar-refractivity contribution in [2.24, 2.45) is 30.4 Å². The number of rotatable bonds is 34. The van der Waals surface area contributed by atoms with Crippen molar-refractivity contribution in [3.63, 3.8) is 0 Å². The molecule has 416 valence electrons. The quantitative estimate of drug-likeness (QED) is 0.0220. The zero-order chi connectivity index (χ0) is 55.8. The molecule has 14 nitrogen and oxygen atoms in total. The van der Waals surface area contributed by atoms with Gasteiger partial charge >= 0.3 is 0 Å². The van der Waals surface area contributed by atoms with E-state index in [1.165, 1.54) is 0 Å². The summed E-state index contributed by atoms with van der Waals surface area (Å²) in [6, 6.07) is 61.8. The molecule has 0 spiro atoms. The van der Waals surface area contributed by atoms with Crippen molar-refractivity contribution in [3.05, 3.63) is 205 Å². The lowest BCUT2D eigenvalue weighted by Gasteiger charge is -2.08. The zero-order valence-corrected chi connectivity index (χ0v) is 46.2. The summed E-state index contributed by atoms with van der Waals surface area (Å²) >= 11 is 0. The molecular weight excluding hydrogens is 1020 g/mol. The first kappa shape index (κ1) is 57.9. The maximum atomic E-state index is 6.07. The van der Waals surface area contributed by atoms with Crippen molar-refractivity contribution in [3.8, 4) is 46.0 Å². The van der Waals surface area contributed by atoms with Gasteiger partial charge in [0.2, 0.25) is 0 Å². The smallest absolute Gasteiger partial charge is 0.121 e. The summed E-state index contributed by atoms with van der Waals surface area (Å²) in [7, 11) is 3.28. The van der Waals surface area contributed by atoms with E-state index in [-0.39, 0.29) is 0 Å². The number of ether oxygens (including phenoxy) is 8. The van der Waals surface area contributed by atoms with Gasteiger partial charge in [-0.05, 0) is 239 Å². The Labute approximate surface area is 475 Å². The van der Waals surface area contributed by atoms with Crippen LogP contribution in [0.25, 0.3) is 0 Å². The second kappa shape index (κ2) is 33.2. The Morgan fingerprint density at radius 3 is 0.802 bits per heavy atom. The second-order valence-electron chi connectivity index (χ2n) is 18.7. The lowest BCUT2D eigenvalue weighted by molar-refractivity contribution is 0.279. The monoisotopic (exact) mass is 1090 g/mol. The average molecular weight is 1090 g/mol. The first-order chi connectivity index (χ1) is 40.0. The second-order valence-corrected chi connectivity index (χ2v) is 18.7. The third-order valence-corrected chi connectivity index (χ3v) is 12.5. The molecule has 0 unspecified atom stereocenters. The Bertz CT molecular complexity index is 2970. The predicted molar refractivity (Wildman–Crippen MR) is 322 cm³/mol. The molecule has 81 heavy (non-hydrogen) atoms. The Morgan fingerprint density at radius 1 is 0.259 bits per heavy atom. The normalized spacial score (nSPS) is 11.4. The van der Waals surface area contributed by atoms with E-state index >= 15 is 0 Å². The molecule has 0 N–H and O–H groups in total. The molecular formula is C67H70N6O8. The van der Waals surface area contributed by atoms with Crippen LogP contribution >= 0.6 is 0 Å².